The molecule has 0 atom stereocenters. The number of H-pyrrole nitrogens is 1. The minimum absolute atomic E-state index is 0.157. The molecule has 1 amide bonds. The summed E-state index contributed by atoms with van der Waals surface area (Å²) in [4.78, 5) is 23.6. The van der Waals surface area contributed by atoms with Gasteiger partial charge in [0.25, 0.3) is 0 Å². The van der Waals surface area contributed by atoms with Crippen molar-refractivity contribution in [1.29, 1.82) is 0 Å². The van der Waals surface area contributed by atoms with Gasteiger partial charge in [0.2, 0.25) is 11.9 Å². The fourth-order valence-corrected chi connectivity index (χ4v) is 2.54. The molecule has 6 heteroatoms. The Kier molecular flexibility index (Phi) is 3.22. The first-order valence-electron chi connectivity index (χ1n) is 6.87. The predicted octanol–water partition coefficient (Wildman–Crippen LogP) is 1.20. The van der Waals surface area contributed by atoms with E-state index >= 15 is 0 Å². The molecule has 20 heavy (non-hydrogen) atoms. The molecule has 0 unspecified atom stereocenters. The summed E-state index contributed by atoms with van der Waals surface area (Å²) in [7, 11) is 1.87. The van der Waals surface area contributed by atoms with Crippen molar-refractivity contribution in [3.8, 4) is 0 Å². The van der Waals surface area contributed by atoms with Crippen LogP contribution in [0, 0.1) is 0 Å². The van der Waals surface area contributed by atoms with E-state index in [4.69, 9.17) is 5.73 Å². The molecule has 1 aromatic heterocycles. The maximum atomic E-state index is 12.1. The molecule has 1 aromatic carbocycles. The number of fused-ring (bicyclic) bond motifs is 1. The SMILES string of the molecule is CN(CC(=O)N1CCCC1)c1nc2ccc(N)cc2[nH]1. The van der Waals surface area contributed by atoms with E-state index in [1.165, 1.54) is 0 Å². The molecule has 0 spiro atoms. The van der Waals surface area contributed by atoms with Gasteiger partial charge in [-0.1, -0.05) is 0 Å². The van der Waals surface area contributed by atoms with Crippen molar-refractivity contribution in [3.05, 3.63) is 18.2 Å². The Morgan fingerprint density at radius 3 is 2.95 bits per heavy atom. The number of amides is 1. The third-order valence-electron chi connectivity index (χ3n) is 3.69. The van der Waals surface area contributed by atoms with Crippen LogP contribution in [-0.4, -0.2) is 47.5 Å². The summed E-state index contributed by atoms with van der Waals surface area (Å²) >= 11 is 0. The van der Waals surface area contributed by atoms with Crippen LogP contribution >= 0.6 is 0 Å². The van der Waals surface area contributed by atoms with Crippen molar-refractivity contribution in [2.24, 2.45) is 0 Å². The molecule has 0 aliphatic carbocycles. The monoisotopic (exact) mass is 273 g/mol. The number of nitrogen functional groups attached to an aromatic ring is 1. The number of benzene rings is 1. The topological polar surface area (TPSA) is 78.2 Å². The summed E-state index contributed by atoms with van der Waals surface area (Å²) in [6.07, 6.45) is 2.22. The highest BCUT2D eigenvalue weighted by Gasteiger charge is 2.20. The Morgan fingerprint density at radius 1 is 1.45 bits per heavy atom. The Balaban J connectivity index is 1.74. The average Bonchev–Trinajstić information content (AvgIpc) is 3.07. The van der Waals surface area contributed by atoms with E-state index in [0.29, 0.717) is 18.2 Å². The molecule has 1 fully saturated rings. The lowest BCUT2D eigenvalue weighted by Crippen LogP contribution is -2.37. The van der Waals surface area contributed by atoms with E-state index in [2.05, 4.69) is 9.97 Å². The standard InChI is InChI=1S/C14H19N5O/c1-18(9-13(20)19-6-2-3-7-19)14-16-11-5-4-10(15)8-12(11)17-14/h4-5,8H,2-3,6-7,9,15H2,1H3,(H,16,17). The summed E-state index contributed by atoms with van der Waals surface area (Å²) in [5, 5.41) is 0. The van der Waals surface area contributed by atoms with Gasteiger partial charge in [-0.25, -0.2) is 4.98 Å². The van der Waals surface area contributed by atoms with Crippen LogP contribution in [0.4, 0.5) is 11.6 Å². The van der Waals surface area contributed by atoms with Gasteiger partial charge in [-0.3, -0.25) is 4.79 Å². The largest absolute Gasteiger partial charge is 0.399 e. The fraction of sp³-hybridized carbons (Fsp3) is 0.429. The number of aromatic nitrogens is 2. The molecule has 0 saturated carbocycles. The molecule has 1 aliphatic rings. The van der Waals surface area contributed by atoms with E-state index in [-0.39, 0.29) is 5.91 Å². The van der Waals surface area contributed by atoms with Gasteiger partial charge in [0, 0.05) is 25.8 Å². The minimum Gasteiger partial charge on any atom is -0.399 e. The van der Waals surface area contributed by atoms with Crippen LogP contribution in [0.25, 0.3) is 11.0 Å². The van der Waals surface area contributed by atoms with E-state index < -0.39 is 0 Å². The number of carbonyl (C=O) groups is 1. The molecular formula is C14H19N5O. The number of hydrogen-bond acceptors (Lipinski definition) is 4. The van der Waals surface area contributed by atoms with E-state index in [1.54, 1.807) is 0 Å². The van der Waals surface area contributed by atoms with Gasteiger partial charge < -0.3 is 20.5 Å². The molecular weight excluding hydrogens is 254 g/mol. The first kappa shape index (κ1) is 12.8. The van der Waals surface area contributed by atoms with Crippen LogP contribution in [0.5, 0.6) is 0 Å². The second kappa shape index (κ2) is 5.03. The van der Waals surface area contributed by atoms with Gasteiger partial charge in [0.15, 0.2) is 0 Å². The van der Waals surface area contributed by atoms with Gasteiger partial charge in [-0.2, -0.15) is 0 Å². The zero-order chi connectivity index (χ0) is 14.1. The lowest BCUT2D eigenvalue weighted by molar-refractivity contribution is -0.128. The van der Waals surface area contributed by atoms with Crippen LogP contribution in [0.15, 0.2) is 18.2 Å². The van der Waals surface area contributed by atoms with Crippen molar-refractivity contribution in [2.75, 3.05) is 37.3 Å². The molecule has 3 rings (SSSR count). The Labute approximate surface area is 117 Å². The van der Waals surface area contributed by atoms with E-state index in [1.807, 2.05) is 35.0 Å². The smallest absolute Gasteiger partial charge is 0.242 e. The molecule has 3 N–H and O–H groups in total. The van der Waals surface area contributed by atoms with Gasteiger partial charge in [-0.05, 0) is 31.0 Å². The third-order valence-corrected chi connectivity index (χ3v) is 3.69. The zero-order valence-electron chi connectivity index (χ0n) is 11.6. The van der Waals surface area contributed by atoms with Crippen LogP contribution in [0.2, 0.25) is 0 Å². The Morgan fingerprint density at radius 2 is 2.20 bits per heavy atom. The number of hydrogen-bond donors (Lipinski definition) is 2. The quantitative estimate of drug-likeness (QED) is 0.824. The fourth-order valence-electron chi connectivity index (χ4n) is 2.54. The van der Waals surface area contributed by atoms with Gasteiger partial charge in [0.1, 0.15) is 0 Å². The van der Waals surface area contributed by atoms with Crippen molar-refractivity contribution in [3.63, 3.8) is 0 Å². The zero-order valence-corrected chi connectivity index (χ0v) is 11.6. The van der Waals surface area contributed by atoms with E-state index in [0.717, 1.165) is 37.0 Å². The van der Waals surface area contributed by atoms with Crippen LogP contribution in [0.3, 0.4) is 0 Å². The van der Waals surface area contributed by atoms with Crippen LogP contribution in [-0.2, 0) is 4.79 Å². The highest BCUT2D eigenvalue weighted by molar-refractivity contribution is 5.83. The summed E-state index contributed by atoms with van der Waals surface area (Å²) in [6.45, 7) is 2.10. The number of aromatic amines is 1. The highest BCUT2D eigenvalue weighted by Crippen LogP contribution is 2.19. The molecule has 1 saturated heterocycles. The Hall–Kier alpha value is -2.24. The normalized spacial score (nSPS) is 14.9. The minimum atomic E-state index is 0.157. The second-order valence-corrected chi connectivity index (χ2v) is 5.28. The lowest BCUT2D eigenvalue weighted by Gasteiger charge is -2.20. The number of nitrogens with two attached hydrogens (primary N) is 1. The predicted molar refractivity (Wildman–Crippen MR) is 79.6 cm³/mol. The highest BCUT2D eigenvalue weighted by atomic mass is 16.2. The molecule has 106 valence electrons. The van der Waals surface area contributed by atoms with Crippen molar-refractivity contribution in [2.45, 2.75) is 12.8 Å². The number of nitrogens with zero attached hydrogens (tertiary/aromatic N) is 3. The van der Waals surface area contributed by atoms with Gasteiger partial charge in [-0.15, -0.1) is 0 Å². The lowest BCUT2D eigenvalue weighted by atomic mass is 10.3. The third kappa shape index (κ3) is 2.41. The summed E-state index contributed by atoms with van der Waals surface area (Å²) < 4.78 is 0. The molecule has 6 nitrogen and oxygen atoms in total. The first-order chi connectivity index (χ1) is 9.63. The first-order valence-corrected chi connectivity index (χ1v) is 6.87. The number of likely N-dealkylation sites (tertiary alicyclic amines) is 1. The molecule has 2 aromatic rings. The average molecular weight is 273 g/mol. The number of anilines is 2. The molecule has 1 aliphatic heterocycles. The van der Waals surface area contributed by atoms with Crippen molar-refractivity contribution in [1.82, 2.24) is 14.9 Å². The number of imidazole rings is 1. The molecule has 2 heterocycles. The van der Waals surface area contributed by atoms with Crippen molar-refractivity contribution < 1.29 is 4.79 Å². The van der Waals surface area contributed by atoms with Gasteiger partial charge >= 0.3 is 0 Å². The maximum absolute atomic E-state index is 12.1. The van der Waals surface area contributed by atoms with E-state index in [9.17, 15) is 4.79 Å². The van der Waals surface area contributed by atoms with Crippen LogP contribution < -0.4 is 10.6 Å². The number of nitrogens with one attached hydrogen (secondary N) is 1. The summed E-state index contributed by atoms with van der Waals surface area (Å²) in [5.74, 6) is 0.850. The summed E-state index contributed by atoms with van der Waals surface area (Å²) in [6, 6.07) is 5.55. The summed E-state index contributed by atoms with van der Waals surface area (Å²) in [5.41, 5.74) is 8.19. The maximum Gasteiger partial charge on any atom is 0.242 e. The Bertz CT molecular complexity index is 630. The molecule has 0 radical (unpaired) electrons. The second-order valence-electron chi connectivity index (χ2n) is 5.28. The number of rotatable bonds is 3. The number of carbonyl (C=O) groups excluding carboxylic acids is 1. The number of likely N-dealkylation sites (N-methyl/N-ethyl adjacent to an activating group) is 1. The molecule has 0 bridgehead atoms. The van der Waals surface area contributed by atoms with Gasteiger partial charge in [0.05, 0.1) is 17.6 Å². The van der Waals surface area contributed by atoms with Crippen LogP contribution in [0.1, 0.15) is 12.8 Å². The van der Waals surface area contributed by atoms with Crippen molar-refractivity contribution >= 4 is 28.6 Å².